The predicted octanol–water partition coefficient (Wildman–Crippen LogP) is 3.65. The van der Waals surface area contributed by atoms with Gasteiger partial charge < -0.3 is 4.90 Å². The zero-order valence-electron chi connectivity index (χ0n) is 10.8. The minimum atomic E-state index is -0.355. The van der Waals surface area contributed by atoms with Crippen LogP contribution < -0.4 is 4.90 Å². The lowest BCUT2D eigenvalue weighted by atomic mass is 10.1. The Kier molecular flexibility index (Phi) is 5.13. The quantitative estimate of drug-likeness (QED) is 0.704. The number of carbonyl (C=O) groups is 1. The van der Waals surface area contributed by atoms with Crippen molar-refractivity contribution >= 4 is 11.5 Å². The fourth-order valence-corrected chi connectivity index (χ4v) is 1.96. The highest BCUT2D eigenvalue weighted by molar-refractivity contribution is 5.99. The molecule has 2 nitrogen and oxygen atoms in total. The number of ketones is 1. The lowest BCUT2D eigenvalue weighted by molar-refractivity contribution is 0.101. The Bertz CT molecular complexity index is 384. The highest BCUT2D eigenvalue weighted by Crippen LogP contribution is 2.23. The number of rotatable bonds is 6. The Morgan fingerprint density at radius 3 is 2.29 bits per heavy atom. The zero-order valence-corrected chi connectivity index (χ0v) is 10.8. The molecule has 0 N–H and O–H groups in total. The van der Waals surface area contributed by atoms with E-state index >= 15 is 0 Å². The van der Waals surface area contributed by atoms with E-state index in [0.717, 1.165) is 31.6 Å². The van der Waals surface area contributed by atoms with Crippen LogP contribution in [0.3, 0.4) is 0 Å². The van der Waals surface area contributed by atoms with Crippen LogP contribution in [0.25, 0.3) is 0 Å². The SMILES string of the molecule is CCCN(CCC)c1ccc(F)cc1C(C)=O. The van der Waals surface area contributed by atoms with E-state index in [0.29, 0.717) is 5.56 Å². The lowest BCUT2D eigenvalue weighted by Crippen LogP contribution is -2.26. The van der Waals surface area contributed by atoms with Gasteiger partial charge >= 0.3 is 0 Å². The molecule has 0 aliphatic carbocycles. The van der Waals surface area contributed by atoms with Crippen LogP contribution in [-0.4, -0.2) is 18.9 Å². The topological polar surface area (TPSA) is 20.3 Å². The van der Waals surface area contributed by atoms with E-state index in [2.05, 4.69) is 18.7 Å². The zero-order chi connectivity index (χ0) is 12.8. The molecule has 0 spiro atoms. The normalized spacial score (nSPS) is 10.4. The van der Waals surface area contributed by atoms with Gasteiger partial charge in [0.05, 0.1) is 0 Å². The standard InChI is InChI=1S/C14H20FNO/c1-4-8-16(9-5-2)14-7-6-12(15)10-13(14)11(3)17/h6-7,10H,4-5,8-9H2,1-3H3. The van der Waals surface area contributed by atoms with Crippen LogP contribution in [0.15, 0.2) is 18.2 Å². The number of nitrogens with zero attached hydrogens (tertiary/aromatic N) is 1. The number of Topliss-reactive ketones (excluding diaryl/α,β-unsaturated/α-hetero) is 1. The van der Waals surface area contributed by atoms with Crippen LogP contribution in [0.4, 0.5) is 10.1 Å². The fraction of sp³-hybridized carbons (Fsp3) is 0.500. The van der Waals surface area contributed by atoms with Gasteiger partial charge in [0.2, 0.25) is 0 Å². The molecule has 17 heavy (non-hydrogen) atoms. The molecule has 3 heteroatoms. The Hall–Kier alpha value is -1.38. The van der Waals surface area contributed by atoms with E-state index in [4.69, 9.17) is 0 Å². The minimum absolute atomic E-state index is 0.0864. The van der Waals surface area contributed by atoms with Gasteiger partial charge in [0.1, 0.15) is 5.82 Å². The molecular weight excluding hydrogens is 217 g/mol. The minimum Gasteiger partial charge on any atom is -0.371 e. The van der Waals surface area contributed by atoms with E-state index in [-0.39, 0.29) is 11.6 Å². The Morgan fingerprint density at radius 2 is 1.82 bits per heavy atom. The van der Waals surface area contributed by atoms with E-state index in [1.165, 1.54) is 19.1 Å². The number of carbonyl (C=O) groups excluding carboxylic acids is 1. The van der Waals surface area contributed by atoms with E-state index < -0.39 is 0 Å². The van der Waals surface area contributed by atoms with Crippen LogP contribution in [-0.2, 0) is 0 Å². The summed E-state index contributed by atoms with van der Waals surface area (Å²) in [6.07, 6.45) is 2.02. The molecule has 0 saturated carbocycles. The van der Waals surface area contributed by atoms with Gasteiger partial charge in [0, 0.05) is 24.3 Å². The molecule has 0 unspecified atom stereocenters. The molecule has 0 saturated heterocycles. The van der Waals surface area contributed by atoms with Crippen LogP contribution in [0.2, 0.25) is 0 Å². The predicted molar refractivity (Wildman–Crippen MR) is 69.2 cm³/mol. The average molecular weight is 237 g/mol. The van der Waals surface area contributed by atoms with Gasteiger partial charge in [-0.05, 0) is 38.0 Å². The first-order chi connectivity index (χ1) is 8.10. The van der Waals surface area contributed by atoms with Crippen molar-refractivity contribution in [3.8, 4) is 0 Å². The van der Waals surface area contributed by atoms with Crippen molar-refractivity contribution in [3.63, 3.8) is 0 Å². The second kappa shape index (κ2) is 6.38. The molecule has 0 fully saturated rings. The van der Waals surface area contributed by atoms with Crippen molar-refractivity contribution in [3.05, 3.63) is 29.6 Å². The first kappa shape index (κ1) is 13.7. The number of hydrogen-bond donors (Lipinski definition) is 0. The summed E-state index contributed by atoms with van der Waals surface area (Å²) in [5.41, 5.74) is 1.33. The maximum Gasteiger partial charge on any atom is 0.161 e. The van der Waals surface area contributed by atoms with Gasteiger partial charge in [-0.2, -0.15) is 0 Å². The van der Waals surface area contributed by atoms with Crippen LogP contribution in [0.5, 0.6) is 0 Å². The first-order valence-corrected chi connectivity index (χ1v) is 6.15. The Balaban J connectivity index is 3.12. The summed E-state index contributed by atoms with van der Waals surface area (Å²) >= 11 is 0. The highest BCUT2D eigenvalue weighted by atomic mass is 19.1. The van der Waals surface area contributed by atoms with Crippen LogP contribution in [0.1, 0.15) is 44.0 Å². The van der Waals surface area contributed by atoms with E-state index in [9.17, 15) is 9.18 Å². The van der Waals surface area contributed by atoms with Gasteiger partial charge in [-0.25, -0.2) is 4.39 Å². The van der Waals surface area contributed by atoms with Crippen LogP contribution in [0, 0.1) is 5.82 Å². The molecule has 0 bridgehead atoms. The Morgan fingerprint density at radius 1 is 1.24 bits per heavy atom. The third-order valence-corrected chi connectivity index (χ3v) is 2.67. The molecule has 0 aromatic heterocycles. The summed E-state index contributed by atoms with van der Waals surface area (Å²) in [5.74, 6) is -0.441. The fourth-order valence-electron chi connectivity index (χ4n) is 1.96. The van der Waals surface area contributed by atoms with Gasteiger partial charge in [-0.3, -0.25) is 4.79 Å². The molecule has 1 aromatic carbocycles. The molecule has 0 aliphatic heterocycles. The average Bonchev–Trinajstić information content (AvgIpc) is 2.28. The molecule has 94 valence electrons. The van der Waals surface area contributed by atoms with Crippen molar-refractivity contribution in [1.29, 1.82) is 0 Å². The first-order valence-electron chi connectivity index (χ1n) is 6.15. The molecule has 0 aliphatic rings. The van der Waals surface area contributed by atoms with E-state index in [1.807, 2.05) is 0 Å². The van der Waals surface area contributed by atoms with Crippen molar-refractivity contribution in [2.75, 3.05) is 18.0 Å². The largest absolute Gasteiger partial charge is 0.371 e. The van der Waals surface area contributed by atoms with E-state index in [1.54, 1.807) is 6.07 Å². The van der Waals surface area contributed by atoms with Gasteiger partial charge in [-0.1, -0.05) is 13.8 Å². The number of benzene rings is 1. The van der Waals surface area contributed by atoms with Crippen molar-refractivity contribution in [2.45, 2.75) is 33.6 Å². The molecule has 1 aromatic rings. The molecular formula is C14H20FNO. The third-order valence-electron chi connectivity index (χ3n) is 2.67. The Labute approximate surface area is 102 Å². The molecule has 0 radical (unpaired) electrons. The smallest absolute Gasteiger partial charge is 0.161 e. The van der Waals surface area contributed by atoms with Gasteiger partial charge in [-0.15, -0.1) is 0 Å². The second-order valence-corrected chi connectivity index (χ2v) is 4.20. The summed E-state index contributed by atoms with van der Waals surface area (Å²) < 4.78 is 13.2. The van der Waals surface area contributed by atoms with Gasteiger partial charge in [0.25, 0.3) is 0 Å². The molecule has 0 heterocycles. The van der Waals surface area contributed by atoms with Crippen molar-refractivity contribution < 1.29 is 9.18 Å². The maximum atomic E-state index is 13.2. The maximum absolute atomic E-state index is 13.2. The number of anilines is 1. The number of hydrogen-bond acceptors (Lipinski definition) is 2. The molecule has 0 amide bonds. The lowest BCUT2D eigenvalue weighted by Gasteiger charge is -2.25. The number of halogens is 1. The monoisotopic (exact) mass is 237 g/mol. The summed E-state index contributed by atoms with van der Waals surface area (Å²) in [4.78, 5) is 13.7. The van der Waals surface area contributed by atoms with Crippen LogP contribution >= 0.6 is 0 Å². The van der Waals surface area contributed by atoms with Crippen molar-refractivity contribution in [2.24, 2.45) is 0 Å². The highest BCUT2D eigenvalue weighted by Gasteiger charge is 2.13. The second-order valence-electron chi connectivity index (χ2n) is 4.20. The molecule has 1 rings (SSSR count). The molecule has 0 atom stereocenters. The third kappa shape index (κ3) is 3.55. The van der Waals surface area contributed by atoms with Crippen molar-refractivity contribution in [1.82, 2.24) is 0 Å². The summed E-state index contributed by atoms with van der Waals surface area (Å²) in [5, 5.41) is 0. The summed E-state index contributed by atoms with van der Waals surface area (Å²) in [7, 11) is 0. The summed E-state index contributed by atoms with van der Waals surface area (Å²) in [6, 6.07) is 4.45. The summed E-state index contributed by atoms with van der Waals surface area (Å²) in [6.45, 7) is 7.45. The van der Waals surface area contributed by atoms with Gasteiger partial charge in [0.15, 0.2) is 5.78 Å².